The molecule has 0 spiro atoms. The number of hydrogen-bond donors (Lipinski definition) is 2. The zero-order chi connectivity index (χ0) is 24.7. The van der Waals surface area contributed by atoms with Crippen molar-refractivity contribution in [1.82, 2.24) is 25.0 Å². The van der Waals surface area contributed by atoms with Gasteiger partial charge in [-0.15, -0.1) is 0 Å². The number of para-hydroxylation sites is 1. The van der Waals surface area contributed by atoms with E-state index in [2.05, 4.69) is 10.6 Å². The summed E-state index contributed by atoms with van der Waals surface area (Å²) >= 11 is 0. The smallest absolute Gasteiger partial charge is 0.271 e. The molecule has 0 radical (unpaired) electrons. The van der Waals surface area contributed by atoms with E-state index in [1.54, 1.807) is 48.0 Å². The lowest BCUT2D eigenvalue weighted by molar-refractivity contribution is -0.138. The lowest BCUT2D eigenvalue weighted by Gasteiger charge is -2.29. The number of hydrogen-bond acceptors (Lipinski definition) is 5. The molecule has 0 bridgehead atoms. The molecule has 184 valence electrons. The lowest BCUT2D eigenvalue weighted by atomic mass is 10.1. The van der Waals surface area contributed by atoms with Gasteiger partial charge < -0.3 is 29.7 Å². The van der Waals surface area contributed by atoms with Crippen LogP contribution in [-0.4, -0.2) is 82.4 Å². The SMILES string of the molecule is COc1ccccc1CC(=O)NC1CC2C(=O)NC3CCN(C(=O)c4cccn4C)C3C(=O)N2C1. The van der Waals surface area contributed by atoms with Gasteiger partial charge in [-0.1, -0.05) is 18.2 Å². The van der Waals surface area contributed by atoms with Gasteiger partial charge in [0.25, 0.3) is 5.91 Å². The molecule has 3 fully saturated rings. The molecule has 3 aliphatic rings. The van der Waals surface area contributed by atoms with Crippen LogP contribution in [0.25, 0.3) is 0 Å². The Morgan fingerprint density at radius 2 is 1.97 bits per heavy atom. The molecule has 4 unspecified atom stereocenters. The Bertz CT molecular complexity index is 1180. The third-order valence-corrected chi connectivity index (χ3v) is 7.20. The van der Waals surface area contributed by atoms with Crippen LogP contribution in [0.4, 0.5) is 0 Å². The number of nitrogens with one attached hydrogen (secondary N) is 2. The molecule has 2 N–H and O–H groups in total. The Hall–Kier alpha value is -3.82. The standard InChI is InChI=1S/C25H29N5O5/c1-28-10-5-7-18(28)24(33)29-11-9-17-22(29)25(34)30-14-16(13-19(30)23(32)27-17)26-21(31)12-15-6-3-4-8-20(15)35-2/h3-8,10,16-17,19,22H,9,11-14H2,1-2H3,(H,26,31)(H,27,32). The van der Waals surface area contributed by atoms with Crippen molar-refractivity contribution >= 4 is 23.6 Å². The van der Waals surface area contributed by atoms with Gasteiger partial charge in [-0.2, -0.15) is 0 Å². The molecule has 10 heteroatoms. The predicted octanol–water partition coefficient (Wildman–Crippen LogP) is 0.0750. The molecule has 0 saturated carbocycles. The van der Waals surface area contributed by atoms with E-state index in [9.17, 15) is 19.2 Å². The minimum atomic E-state index is -0.755. The summed E-state index contributed by atoms with van der Waals surface area (Å²) in [6, 6.07) is 8.62. The van der Waals surface area contributed by atoms with E-state index in [0.717, 1.165) is 5.56 Å². The number of aryl methyl sites for hydroxylation is 1. The molecule has 10 nitrogen and oxygen atoms in total. The minimum absolute atomic E-state index is 0.134. The molecule has 0 aliphatic carbocycles. The second-order valence-electron chi connectivity index (χ2n) is 9.35. The van der Waals surface area contributed by atoms with E-state index in [1.807, 2.05) is 18.2 Å². The second-order valence-corrected chi connectivity index (χ2v) is 9.35. The van der Waals surface area contributed by atoms with Gasteiger partial charge in [0.05, 0.1) is 19.6 Å². The fourth-order valence-corrected chi connectivity index (χ4v) is 5.49. The number of likely N-dealkylation sites (tertiary alicyclic amines) is 1. The zero-order valence-corrected chi connectivity index (χ0v) is 19.8. The number of ether oxygens (including phenoxy) is 1. The first-order valence-corrected chi connectivity index (χ1v) is 11.8. The maximum Gasteiger partial charge on any atom is 0.271 e. The highest BCUT2D eigenvalue weighted by molar-refractivity contribution is 6.00. The number of carbonyl (C=O) groups excluding carboxylic acids is 4. The summed E-state index contributed by atoms with van der Waals surface area (Å²) in [5.41, 5.74) is 1.26. The Balaban J connectivity index is 1.30. The van der Waals surface area contributed by atoms with Crippen molar-refractivity contribution < 1.29 is 23.9 Å². The Morgan fingerprint density at radius 1 is 1.17 bits per heavy atom. The van der Waals surface area contributed by atoms with Crippen molar-refractivity contribution in [2.24, 2.45) is 7.05 Å². The molecule has 2 aromatic rings. The van der Waals surface area contributed by atoms with Crippen LogP contribution in [0.3, 0.4) is 0 Å². The molecular weight excluding hydrogens is 450 g/mol. The lowest BCUT2D eigenvalue weighted by Crippen LogP contribution is -2.52. The molecular formula is C25H29N5O5. The van der Waals surface area contributed by atoms with Gasteiger partial charge in [0.2, 0.25) is 17.7 Å². The molecule has 3 aliphatic heterocycles. The van der Waals surface area contributed by atoms with Gasteiger partial charge in [-0.05, 0) is 31.0 Å². The van der Waals surface area contributed by atoms with Crippen molar-refractivity contribution in [2.75, 3.05) is 20.2 Å². The maximum atomic E-state index is 13.6. The Kier molecular flexibility index (Phi) is 5.96. The van der Waals surface area contributed by atoms with Crippen LogP contribution in [0.15, 0.2) is 42.6 Å². The van der Waals surface area contributed by atoms with E-state index in [-0.39, 0.29) is 42.6 Å². The van der Waals surface area contributed by atoms with Gasteiger partial charge in [0.1, 0.15) is 23.5 Å². The molecule has 35 heavy (non-hydrogen) atoms. The third kappa shape index (κ3) is 4.13. The van der Waals surface area contributed by atoms with Crippen molar-refractivity contribution in [3.05, 3.63) is 53.9 Å². The monoisotopic (exact) mass is 479 g/mol. The van der Waals surface area contributed by atoms with Crippen molar-refractivity contribution in [1.29, 1.82) is 0 Å². The van der Waals surface area contributed by atoms with Crippen LogP contribution in [0, 0.1) is 0 Å². The van der Waals surface area contributed by atoms with E-state index in [1.165, 1.54) is 4.90 Å². The van der Waals surface area contributed by atoms with E-state index in [0.29, 0.717) is 30.8 Å². The van der Waals surface area contributed by atoms with Gasteiger partial charge >= 0.3 is 0 Å². The van der Waals surface area contributed by atoms with Gasteiger partial charge in [0, 0.05) is 37.9 Å². The summed E-state index contributed by atoms with van der Waals surface area (Å²) in [7, 11) is 3.34. The first-order valence-electron chi connectivity index (χ1n) is 11.8. The van der Waals surface area contributed by atoms with E-state index < -0.39 is 18.1 Å². The minimum Gasteiger partial charge on any atom is -0.496 e. The van der Waals surface area contributed by atoms with Crippen molar-refractivity contribution in [3.8, 4) is 5.75 Å². The van der Waals surface area contributed by atoms with E-state index in [4.69, 9.17) is 4.74 Å². The maximum absolute atomic E-state index is 13.6. The van der Waals surface area contributed by atoms with Crippen molar-refractivity contribution in [3.63, 3.8) is 0 Å². The topological polar surface area (TPSA) is 113 Å². The number of amides is 4. The predicted molar refractivity (Wildman–Crippen MR) is 126 cm³/mol. The van der Waals surface area contributed by atoms with Crippen LogP contribution in [0.2, 0.25) is 0 Å². The highest BCUT2D eigenvalue weighted by atomic mass is 16.5. The average molecular weight is 480 g/mol. The quantitative estimate of drug-likeness (QED) is 0.631. The summed E-state index contributed by atoms with van der Waals surface area (Å²) in [6.07, 6.45) is 2.78. The number of rotatable bonds is 5. The molecule has 3 saturated heterocycles. The van der Waals surface area contributed by atoms with Gasteiger partial charge in [0.15, 0.2) is 0 Å². The Morgan fingerprint density at radius 3 is 2.71 bits per heavy atom. The number of fused-ring (bicyclic) bond motifs is 2. The molecule has 1 aromatic heterocycles. The highest BCUT2D eigenvalue weighted by Crippen LogP contribution is 2.30. The molecule has 4 heterocycles. The number of benzene rings is 1. The second kappa shape index (κ2) is 9.09. The number of methoxy groups -OCH3 is 1. The first kappa shape index (κ1) is 22.9. The fraction of sp³-hybridized carbons (Fsp3) is 0.440. The summed E-state index contributed by atoms with van der Waals surface area (Å²) in [4.78, 5) is 55.7. The number of carbonyl (C=O) groups is 4. The normalized spacial score (nSPS) is 25.5. The molecule has 5 rings (SSSR count). The number of aromatic nitrogens is 1. The molecule has 4 atom stereocenters. The summed E-state index contributed by atoms with van der Waals surface area (Å²) < 4.78 is 7.04. The summed E-state index contributed by atoms with van der Waals surface area (Å²) in [6.45, 7) is 0.618. The third-order valence-electron chi connectivity index (χ3n) is 7.20. The highest BCUT2D eigenvalue weighted by Gasteiger charge is 2.52. The average Bonchev–Trinajstić information content (AvgIpc) is 3.55. The van der Waals surface area contributed by atoms with Gasteiger partial charge in [-0.25, -0.2) is 0 Å². The zero-order valence-electron chi connectivity index (χ0n) is 19.8. The molecule has 1 aromatic carbocycles. The van der Waals surface area contributed by atoms with Crippen molar-refractivity contribution in [2.45, 2.75) is 43.4 Å². The van der Waals surface area contributed by atoms with Crippen LogP contribution in [0.1, 0.15) is 28.9 Å². The largest absolute Gasteiger partial charge is 0.496 e. The summed E-state index contributed by atoms with van der Waals surface area (Å²) in [5.74, 6) is -0.288. The van der Waals surface area contributed by atoms with Crippen LogP contribution >= 0.6 is 0 Å². The van der Waals surface area contributed by atoms with Crippen LogP contribution in [0.5, 0.6) is 5.75 Å². The fourth-order valence-electron chi connectivity index (χ4n) is 5.49. The summed E-state index contributed by atoms with van der Waals surface area (Å²) in [5, 5.41) is 5.95. The van der Waals surface area contributed by atoms with Crippen LogP contribution < -0.4 is 15.4 Å². The first-order chi connectivity index (χ1) is 16.9. The molecule has 4 amide bonds. The number of nitrogens with zero attached hydrogens (tertiary/aromatic N) is 3. The Labute approximate surface area is 203 Å². The van der Waals surface area contributed by atoms with E-state index >= 15 is 0 Å². The van der Waals surface area contributed by atoms with Gasteiger partial charge in [-0.3, -0.25) is 19.2 Å². The van der Waals surface area contributed by atoms with Crippen LogP contribution in [-0.2, 0) is 27.9 Å².